The fourth-order valence-corrected chi connectivity index (χ4v) is 1.56. The second-order valence-electron chi connectivity index (χ2n) is 3.70. The minimum Gasteiger partial charge on any atom is -0.397 e. The van der Waals surface area contributed by atoms with Crippen molar-refractivity contribution in [3.63, 3.8) is 0 Å². The smallest absolute Gasteiger partial charge is 0.239 e. The first-order chi connectivity index (χ1) is 7.60. The monoisotopic (exact) mass is 221 g/mol. The second kappa shape index (κ2) is 5.39. The topological polar surface area (TPSA) is 58.4 Å². The van der Waals surface area contributed by atoms with E-state index in [0.717, 1.165) is 23.5 Å². The highest BCUT2D eigenvalue weighted by atomic mass is 16.1. The molecule has 0 bridgehead atoms. The first-order valence-corrected chi connectivity index (χ1v) is 5.40. The van der Waals surface area contributed by atoms with Gasteiger partial charge in [0, 0.05) is 13.6 Å². The number of likely N-dealkylation sites (N-methyl/N-ethyl adjacent to an activating group) is 2. The minimum atomic E-state index is -0.0113. The molecule has 0 unspecified atom stereocenters. The van der Waals surface area contributed by atoms with E-state index < -0.39 is 0 Å². The molecule has 4 heteroatoms. The van der Waals surface area contributed by atoms with Crippen LogP contribution in [0.15, 0.2) is 18.2 Å². The van der Waals surface area contributed by atoms with Crippen molar-refractivity contribution in [1.29, 1.82) is 0 Å². The molecule has 16 heavy (non-hydrogen) atoms. The highest BCUT2D eigenvalue weighted by Gasteiger charge is 2.12. The van der Waals surface area contributed by atoms with Crippen molar-refractivity contribution in [3.8, 4) is 0 Å². The molecule has 0 saturated heterocycles. The van der Waals surface area contributed by atoms with Crippen LogP contribution in [0.25, 0.3) is 0 Å². The Morgan fingerprint density at radius 3 is 2.75 bits per heavy atom. The number of para-hydroxylation sites is 1. The van der Waals surface area contributed by atoms with Crippen molar-refractivity contribution >= 4 is 17.3 Å². The summed E-state index contributed by atoms with van der Waals surface area (Å²) in [5, 5.41) is 2.61. The highest BCUT2D eigenvalue weighted by Crippen LogP contribution is 2.25. The van der Waals surface area contributed by atoms with Gasteiger partial charge >= 0.3 is 0 Å². The highest BCUT2D eigenvalue weighted by molar-refractivity contribution is 5.83. The first-order valence-electron chi connectivity index (χ1n) is 5.40. The maximum Gasteiger partial charge on any atom is 0.239 e. The van der Waals surface area contributed by atoms with Gasteiger partial charge in [-0.1, -0.05) is 12.1 Å². The number of rotatable bonds is 4. The number of aryl methyl sites for hydroxylation is 1. The normalized spacial score (nSPS) is 9.94. The van der Waals surface area contributed by atoms with Crippen molar-refractivity contribution in [1.82, 2.24) is 5.32 Å². The number of nitrogens with zero attached hydrogens (tertiary/aromatic N) is 1. The molecule has 1 amide bonds. The van der Waals surface area contributed by atoms with Gasteiger partial charge in [-0.15, -0.1) is 0 Å². The predicted molar refractivity (Wildman–Crippen MR) is 67.5 cm³/mol. The van der Waals surface area contributed by atoms with Crippen molar-refractivity contribution < 1.29 is 4.79 Å². The van der Waals surface area contributed by atoms with Crippen LogP contribution in [0.1, 0.15) is 12.5 Å². The van der Waals surface area contributed by atoms with Gasteiger partial charge in [0.05, 0.1) is 17.9 Å². The lowest BCUT2D eigenvalue weighted by molar-refractivity contribution is -0.119. The zero-order chi connectivity index (χ0) is 12.1. The van der Waals surface area contributed by atoms with Gasteiger partial charge in [0.1, 0.15) is 0 Å². The van der Waals surface area contributed by atoms with E-state index in [-0.39, 0.29) is 5.91 Å². The number of nitrogen functional groups attached to an aromatic ring is 1. The van der Waals surface area contributed by atoms with Crippen LogP contribution < -0.4 is 16.0 Å². The molecule has 0 atom stereocenters. The summed E-state index contributed by atoms with van der Waals surface area (Å²) in [4.78, 5) is 13.3. The number of anilines is 2. The number of hydrogen-bond acceptors (Lipinski definition) is 3. The van der Waals surface area contributed by atoms with E-state index in [1.54, 1.807) is 7.05 Å². The van der Waals surface area contributed by atoms with Crippen LogP contribution in [0.3, 0.4) is 0 Å². The van der Waals surface area contributed by atoms with E-state index in [1.165, 1.54) is 0 Å². The molecule has 3 N–H and O–H groups in total. The van der Waals surface area contributed by atoms with E-state index in [0.29, 0.717) is 6.54 Å². The molecule has 0 heterocycles. The van der Waals surface area contributed by atoms with E-state index in [2.05, 4.69) is 5.32 Å². The average Bonchev–Trinajstić information content (AvgIpc) is 2.29. The molecule has 0 aromatic heterocycles. The number of amides is 1. The molecule has 0 saturated carbocycles. The van der Waals surface area contributed by atoms with Gasteiger partial charge in [0.15, 0.2) is 0 Å². The molecule has 0 fully saturated rings. The molecule has 1 rings (SSSR count). The number of carbonyl (C=O) groups excluding carboxylic acids is 1. The van der Waals surface area contributed by atoms with Gasteiger partial charge in [-0.05, 0) is 25.5 Å². The van der Waals surface area contributed by atoms with Gasteiger partial charge in [-0.2, -0.15) is 0 Å². The Labute approximate surface area is 96.4 Å². The van der Waals surface area contributed by atoms with Crippen molar-refractivity contribution in [2.45, 2.75) is 13.8 Å². The van der Waals surface area contributed by atoms with Crippen LogP contribution in [0.5, 0.6) is 0 Å². The molecule has 0 radical (unpaired) electrons. The number of hydrogen-bond donors (Lipinski definition) is 2. The molecular weight excluding hydrogens is 202 g/mol. The summed E-state index contributed by atoms with van der Waals surface area (Å²) in [5.74, 6) is -0.0113. The Morgan fingerprint density at radius 1 is 1.50 bits per heavy atom. The summed E-state index contributed by atoms with van der Waals surface area (Å²) in [6, 6.07) is 5.86. The third-order valence-corrected chi connectivity index (χ3v) is 2.64. The Balaban J connectivity index is 2.95. The standard InChI is InChI=1S/C12H19N3O/c1-4-15(8-11(16)14-3)10-7-5-6-9(2)12(10)13/h5-7H,4,8,13H2,1-3H3,(H,14,16). The molecule has 88 valence electrons. The van der Waals surface area contributed by atoms with Gasteiger partial charge in [0.25, 0.3) is 0 Å². The van der Waals surface area contributed by atoms with Gasteiger partial charge in [-0.25, -0.2) is 0 Å². The molecule has 1 aromatic carbocycles. The first kappa shape index (κ1) is 12.4. The average molecular weight is 221 g/mol. The molecule has 0 spiro atoms. The van der Waals surface area contributed by atoms with Gasteiger partial charge < -0.3 is 16.0 Å². The number of carbonyl (C=O) groups is 1. The van der Waals surface area contributed by atoms with Gasteiger partial charge in [0.2, 0.25) is 5.91 Å². The molecule has 0 aliphatic carbocycles. The third-order valence-electron chi connectivity index (χ3n) is 2.64. The summed E-state index contributed by atoms with van der Waals surface area (Å²) in [7, 11) is 1.63. The van der Waals surface area contributed by atoms with E-state index in [9.17, 15) is 4.79 Å². The second-order valence-corrected chi connectivity index (χ2v) is 3.70. The summed E-state index contributed by atoms with van der Waals surface area (Å²) in [5.41, 5.74) is 8.70. The maximum absolute atomic E-state index is 11.4. The fourth-order valence-electron chi connectivity index (χ4n) is 1.56. The number of nitrogens with two attached hydrogens (primary N) is 1. The zero-order valence-electron chi connectivity index (χ0n) is 10.1. The van der Waals surface area contributed by atoms with Crippen molar-refractivity contribution in [2.24, 2.45) is 0 Å². The van der Waals surface area contributed by atoms with Crippen LogP contribution >= 0.6 is 0 Å². The van der Waals surface area contributed by atoms with Crippen LogP contribution in [-0.4, -0.2) is 26.0 Å². The maximum atomic E-state index is 11.4. The van der Waals surface area contributed by atoms with Crippen LogP contribution in [0.2, 0.25) is 0 Å². The minimum absolute atomic E-state index is 0.0113. The SMILES string of the molecule is CCN(CC(=O)NC)c1cccc(C)c1N. The summed E-state index contributed by atoms with van der Waals surface area (Å²) in [6.45, 7) is 5.05. The third kappa shape index (κ3) is 2.66. The van der Waals surface area contributed by atoms with Gasteiger partial charge in [-0.3, -0.25) is 4.79 Å². The van der Waals surface area contributed by atoms with Crippen molar-refractivity contribution in [2.75, 3.05) is 30.8 Å². The Hall–Kier alpha value is -1.71. The van der Waals surface area contributed by atoms with E-state index in [1.807, 2.05) is 36.9 Å². The molecule has 1 aromatic rings. The van der Waals surface area contributed by atoms with Crippen LogP contribution in [0, 0.1) is 6.92 Å². The molecule has 0 aliphatic rings. The number of benzene rings is 1. The fraction of sp³-hybridized carbons (Fsp3) is 0.417. The van der Waals surface area contributed by atoms with E-state index >= 15 is 0 Å². The van der Waals surface area contributed by atoms with Crippen molar-refractivity contribution in [3.05, 3.63) is 23.8 Å². The lowest BCUT2D eigenvalue weighted by Gasteiger charge is -2.24. The largest absolute Gasteiger partial charge is 0.397 e. The Bertz CT molecular complexity index is 377. The molecular formula is C12H19N3O. The summed E-state index contributed by atoms with van der Waals surface area (Å²) in [6.07, 6.45) is 0. The lowest BCUT2D eigenvalue weighted by atomic mass is 10.1. The summed E-state index contributed by atoms with van der Waals surface area (Å²) < 4.78 is 0. The zero-order valence-corrected chi connectivity index (χ0v) is 10.1. The Kier molecular flexibility index (Phi) is 4.17. The molecule has 4 nitrogen and oxygen atoms in total. The lowest BCUT2D eigenvalue weighted by Crippen LogP contribution is -2.35. The Morgan fingerprint density at radius 2 is 2.19 bits per heavy atom. The summed E-state index contributed by atoms with van der Waals surface area (Å²) >= 11 is 0. The van der Waals surface area contributed by atoms with Crippen LogP contribution in [0.4, 0.5) is 11.4 Å². The quantitative estimate of drug-likeness (QED) is 0.750. The molecule has 0 aliphatic heterocycles. The van der Waals surface area contributed by atoms with Crippen LogP contribution in [-0.2, 0) is 4.79 Å². The van der Waals surface area contributed by atoms with E-state index in [4.69, 9.17) is 5.73 Å². The number of nitrogens with one attached hydrogen (secondary N) is 1. The predicted octanol–water partition coefficient (Wildman–Crippen LogP) is 1.15.